The zero-order valence-electron chi connectivity index (χ0n) is 11.9. The van der Waals surface area contributed by atoms with Crippen LogP contribution in [-0.4, -0.2) is 27.5 Å². The van der Waals surface area contributed by atoms with Gasteiger partial charge in [-0.2, -0.15) is 18.4 Å². The monoisotopic (exact) mass is 369 g/mol. The lowest BCUT2D eigenvalue weighted by molar-refractivity contribution is -0.137. The molecule has 0 bridgehead atoms. The second kappa shape index (κ2) is 7.49. The summed E-state index contributed by atoms with van der Waals surface area (Å²) in [5, 5.41) is 11.9. The second-order valence-corrected chi connectivity index (χ2v) is 6.70. The number of hydrogen-bond acceptors (Lipinski definition) is 4. The van der Waals surface area contributed by atoms with E-state index in [1.54, 1.807) is 0 Å². The maximum absolute atomic E-state index is 12.7. The van der Waals surface area contributed by atoms with E-state index in [1.165, 1.54) is 6.07 Å². The highest BCUT2D eigenvalue weighted by atomic mass is 35.5. The van der Waals surface area contributed by atoms with Crippen LogP contribution in [-0.2, 0) is 16.2 Å². The number of hydrogen-bond donors (Lipinski definition) is 2. The SMILES string of the molecule is Cl.N#Cc1cc(S(=O)(=O)N[C@@H]2CCCNC2)ccc1C(F)(F)F. The molecule has 1 aliphatic heterocycles. The summed E-state index contributed by atoms with van der Waals surface area (Å²) in [4.78, 5) is -0.345. The van der Waals surface area contributed by atoms with E-state index in [1.807, 2.05) is 0 Å². The second-order valence-electron chi connectivity index (χ2n) is 4.98. The molecule has 0 radical (unpaired) electrons. The van der Waals surface area contributed by atoms with Crippen LogP contribution in [0.1, 0.15) is 24.0 Å². The van der Waals surface area contributed by atoms with Gasteiger partial charge in [0.2, 0.25) is 10.0 Å². The van der Waals surface area contributed by atoms with Crippen LogP contribution in [0, 0.1) is 11.3 Å². The predicted octanol–water partition coefficient (Wildman–Crippen LogP) is 2.03. The van der Waals surface area contributed by atoms with Gasteiger partial charge in [-0.25, -0.2) is 13.1 Å². The molecule has 5 nitrogen and oxygen atoms in total. The Hall–Kier alpha value is -1.34. The summed E-state index contributed by atoms with van der Waals surface area (Å²) in [7, 11) is -3.96. The van der Waals surface area contributed by atoms with E-state index in [0.717, 1.165) is 25.1 Å². The third kappa shape index (κ3) is 4.81. The van der Waals surface area contributed by atoms with Crippen LogP contribution in [0.4, 0.5) is 13.2 Å². The fraction of sp³-hybridized carbons (Fsp3) is 0.462. The normalized spacial score (nSPS) is 18.8. The maximum Gasteiger partial charge on any atom is 0.417 e. The molecule has 0 aliphatic carbocycles. The summed E-state index contributed by atoms with van der Waals surface area (Å²) in [6.07, 6.45) is -3.24. The first-order valence-corrected chi connectivity index (χ1v) is 8.07. The molecule has 0 saturated carbocycles. The van der Waals surface area contributed by atoms with Crippen LogP contribution in [0.25, 0.3) is 0 Å². The van der Waals surface area contributed by atoms with Crippen molar-refractivity contribution in [2.45, 2.75) is 30.0 Å². The van der Waals surface area contributed by atoms with Gasteiger partial charge in [0.05, 0.1) is 22.1 Å². The molecular weight excluding hydrogens is 355 g/mol. The highest BCUT2D eigenvalue weighted by molar-refractivity contribution is 7.89. The van der Waals surface area contributed by atoms with Crippen molar-refractivity contribution < 1.29 is 21.6 Å². The number of benzene rings is 1. The van der Waals surface area contributed by atoms with E-state index in [2.05, 4.69) is 10.0 Å². The van der Waals surface area contributed by atoms with Crippen molar-refractivity contribution in [3.8, 4) is 6.07 Å². The van der Waals surface area contributed by atoms with E-state index >= 15 is 0 Å². The van der Waals surface area contributed by atoms with Gasteiger partial charge in [-0.05, 0) is 37.6 Å². The maximum atomic E-state index is 12.7. The van der Waals surface area contributed by atoms with Gasteiger partial charge in [0.1, 0.15) is 0 Å². The van der Waals surface area contributed by atoms with Crippen LogP contribution in [0.5, 0.6) is 0 Å². The average Bonchev–Trinajstić information content (AvgIpc) is 2.46. The Morgan fingerprint density at radius 2 is 2.04 bits per heavy atom. The van der Waals surface area contributed by atoms with Crippen molar-refractivity contribution in [2.75, 3.05) is 13.1 Å². The third-order valence-corrected chi connectivity index (χ3v) is 4.86. The number of nitrogens with zero attached hydrogens (tertiary/aromatic N) is 1. The Kier molecular flexibility index (Phi) is 6.41. The van der Waals surface area contributed by atoms with Crippen molar-refractivity contribution in [1.29, 1.82) is 5.26 Å². The molecule has 1 heterocycles. The molecule has 0 amide bonds. The summed E-state index contributed by atoms with van der Waals surface area (Å²) < 4.78 is 65.0. The summed E-state index contributed by atoms with van der Waals surface area (Å²) in [6, 6.07) is 3.31. The van der Waals surface area contributed by atoms with E-state index in [9.17, 15) is 21.6 Å². The van der Waals surface area contributed by atoms with Gasteiger partial charge < -0.3 is 5.32 Å². The minimum absolute atomic E-state index is 0. The highest BCUT2D eigenvalue weighted by Gasteiger charge is 2.34. The van der Waals surface area contributed by atoms with Gasteiger partial charge in [0.15, 0.2) is 0 Å². The standard InChI is InChI=1S/C13H14F3N3O2S.ClH/c14-13(15,16)12-4-3-11(6-9(12)7-17)22(20,21)19-10-2-1-5-18-8-10;/h3-4,6,10,18-19H,1-2,5,8H2;1H/t10-;/m1./s1. The first-order chi connectivity index (χ1) is 10.2. The Morgan fingerprint density at radius 1 is 1.35 bits per heavy atom. The Balaban J connectivity index is 0.00000264. The minimum Gasteiger partial charge on any atom is -0.315 e. The molecule has 10 heteroatoms. The van der Waals surface area contributed by atoms with Crippen molar-refractivity contribution in [2.24, 2.45) is 0 Å². The number of nitrogens with one attached hydrogen (secondary N) is 2. The molecule has 2 N–H and O–H groups in total. The quantitative estimate of drug-likeness (QED) is 0.854. The molecule has 23 heavy (non-hydrogen) atoms. The number of alkyl halides is 3. The first kappa shape index (κ1) is 19.7. The smallest absolute Gasteiger partial charge is 0.315 e. The van der Waals surface area contributed by atoms with Crippen LogP contribution >= 0.6 is 12.4 Å². The molecular formula is C13H15ClF3N3O2S. The van der Waals surface area contributed by atoms with E-state index in [4.69, 9.17) is 5.26 Å². The molecule has 2 rings (SSSR count). The third-order valence-electron chi connectivity index (χ3n) is 3.35. The number of nitriles is 1. The van der Waals surface area contributed by atoms with Gasteiger partial charge in [-0.1, -0.05) is 0 Å². The van der Waals surface area contributed by atoms with Crippen molar-refractivity contribution in [1.82, 2.24) is 10.0 Å². The Morgan fingerprint density at radius 3 is 2.57 bits per heavy atom. The summed E-state index contributed by atoms with van der Waals surface area (Å²) in [5.74, 6) is 0. The molecule has 128 valence electrons. The zero-order chi connectivity index (χ0) is 16.4. The number of piperidine rings is 1. The average molecular weight is 370 g/mol. The molecule has 0 spiro atoms. The van der Waals surface area contributed by atoms with Crippen molar-refractivity contribution >= 4 is 22.4 Å². The first-order valence-electron chi connectivity index (χ1n) is 6.58. The lowest BCUT2D eigenvalue weighted by atomic mass is 10.1. The summed E-state index contributed by atoms with van der Waals surface area (Å²) >= 11 is 0. The van der Waals surface area contributed by atoms with E-state index < -0.39 is 27.3 Å². The molecule has 0 aromatic heterocycles. The van der Waals surface area contributed by atoms with Crippen molar-refractivity contribution in [3.63, 3.8) is 0 Å². The van der Waals surface area contributed by atoms with E-state index in [0.29, 0.717) is 19.0 Å². The van der Waals surface area contributed by atoms with Gasteiger partial charge in [-0.15, -0.1) is 12.4 Å². The summed E-state index contributed by atoms with van der Waals surface area (Å²) in [5.41, 5.74) is -1.86. The molecule has 1 aliphatic rings. The summed E-state index contributed by atoms with van der Waals surface area (Å²) in [6.45, 7) is 1.27. The zero-order valence-corrected chi connectivity index (χ0v) is 13.5. The topological polar surface area (TPSA) is 82.0 Å². The largest absolute Gasteiger partial charge is 0.417 e. The minimum atomic E-state index is -4.70. The van der Waals surface area contributed by atoms with Gasteiger partial charge in [0, 0.05) is 12.6 Å². The fourth-order valence-electron chi connectivity index (χ4n) is 2.27. The lowest BCUT2D eigenvalue weighted by Gasteiger charge is -2.23. The number of sulfonamides is 1. The van der Waals surface area contributed by atoms with Crippen LogP contribution in [0.2, 0.25) is 0 Å². The highest BCUT2D eigenvalue weighted by Crippen LogP contribution is 2.32. The Labute approximate surface area is 138 Å². The number of halogens is 4. The van der Waals surface area contributed by atoms with Gasteiger partial charge >= 0.3 is 6.18 Å². The van der Waals surface area contributed by atoms with Gasteiger partial charge in [0.25, 0.3) is 0 Å². The predicted molar refractivity (Wildman–Crippen MR) is 79.6 cm³/mol. The van der Waals surface area contributed by atoms with Crippen LogP contribution in [0.15, 0.2) is 23.1 Å². The van der Waals surface area contributed by atoms with E-state index in [-0.39, 0.29) is 23.3 Å². The van der Waals surface area contributed by atoms with Gasteiger partial charge in [-0.3, -0.25) is 0 Å². The Bertz CT molecular complexity index is 695. The molecule has 1 atom stereocenters. The molecule has 1 saturated heterocycles. The van der Waals surface area contributed by atoms with Crippen LogP contribution in [0.3, 0.4) is 0 Å². The fourth-order valence-corrected chi connectivity index (χ4v) is 3.57. The lowest BCUT2D eigenvalue weighted by Crippen LogP contribution is -2.45. The molecule has 1 aromatic rings. The number of rotatable bonds is 3. The molecule has 1 fully saturated rings. The molecule has 1 aromatic carbocycles. The van der Waals surface area contributed by atoms with Crippen molar-refractivity contribution in [3.05, 3.63) is 29.3 Å². The molecule has 0 unspecified atom stereocenters. The van der Waals surface area contributed by atoms with Crippen LogP contribution < -0.4 is 10.0 Å².